The van der Waals surface area contributed by atoms with Crippen molar-refractivity contribution in [2.75, 3.05) is 25.1 Å². The molecule has 0 aliphatic rings. The molecule has 0 radical (unpaired) electrons. The van der Waals surface area contributed by atoms with Gasteiger partial charge >= 0.3 is 0 Å². The van der Waals surface area contributed by atoms with Gasteiger partial charge in [0.1, 0.15) is 0 Å². The minimum atomic E-state index is -3.52. The van der Waals surface area contributed by atoms with Crippen LogP contribution in [0.25, 0.3) is 0 Å². The first-order valence-corrected chi connectivity index (χ1v) is 9.25. The van der Waals surface area contributed by atoms with E-state index in [0.29, 0.717) is 12.2 Å². The topological polar surface area (TPSA) is 89.3 Å². The van der Waals surface area contributed by atoms with E-state index in [9.17, 15) is 12.6 Å². The minimum absolute atomic E-state index is 0.188. The Morgan fingerprint density at radius 3 is 2.50 bits per heavy atom. The number of nitrogens with two attached hydrogens (primary N) is 1. The van der Waals surface area contributed by atoms with E-state index in [-0.39, 0.29) is 18.0 Å². The molecule has 1 aromatic carbocycles. The second-order valence-corrected chi connectivity index (χ2v) is 7.38. The molecule has 0 spiro atoms. The number of hydrogen-bond donors (Lipinski definition) is 2. The SMILES string of the molecule is CS(=O)CCCNS(=O)(=O)c1ccc(C#CCN)cc1. The number of nitrogens with one attached hydrogen (secondary N) is 1. The number of sulfonamides is 1. The predicted octanol–water partition coefficient (Wildman–Crippen LogP) is 0.0437. The predicted molar refractivity (Wildman–Crippen MR) is 81.1 cm³/mol. The van der Waals surface area contributed by atoms with E-state index < -0.39 is 20.8 Å². The number of hydrogen-bond acceptors (Lipinski definition) is 4. The molecule has 1 aromatic rings. The first-order chi connectivity index (χ1) is 9.45. The summed E-state index contributed by atoms with van der Waals surface area (Å²) in [5.74, 6) is 6.01. The van der Waals surface area contributed by atoms with Crippen LogP contribution in [0.3, 0.4) is 0 Å². The van der Waals surface area contributed by atoms with E-state index >= 15 is 0 Å². The Labute approximate surface area is 122 Å². The molecular weight excluding hydrogens is 296 g/mol. The summed E-state index contributed by atoms with van der Waals surface area (Å²) in [7, 11) is -4.42. The number of rotatable bonds is 6. The van der Waals surface area contributed by atoms with Gasteiger partial charge in [0, 0.05) is 34.9 Å². The Balaban J connectivity index is 2.65. The molecule has 7 heteroatoms. The fraction of sp³-hybridized carbons (Fsp3) is 0.385. The van der Waals surface area contributed by atoms with Gasteiger partial charge in [-0.3, -0.25) is 4.21 Å². The van der Waals surface area contributed by atoms with Crippen LogP contribution in [0.1, 0.15) is 12.0 Å². The van der Waals surface area contributed by atoms with Crippen molar-refractivity contribution in [3.05, 3.63) is 29.8 Å². The van der Waals surface area contributed by atoms with Gasteiger partial charge in [-0.2, -0.15) is 0 Å². The van der Waals surface area contributed by atoms with Crippen LogP contribution < -0.4 is 10.5 Å². The van der Waals surface area contributed by atoms with E-state index in [4.69, 9.17) is 5.73 Å². The van der Waals surface area contributed by atoms with E-state index in [2.05, 4.69) is 16.6 Å². The standard InChI is InChI=1S/C13H18N2O3S2/c1-19(16)11-3-10-15-20(17,18)13-7-5-12(6-8-13)4-2-9-14/h5-8,15H,3,9-11,14H2,1H3. The molecule has 1 atom stereocenters. The smallest absolute Gasteiger partial charge is 0.240 e. The van der Waals surface area contributed by atoms with E-state index in [0.717, 1.165) is 5.56 Å². The fourth-order valence-corrected chi connectivity index (χ4v) is 3.06. The molecule has 1 rings (SSSR count). The van der Waals surface area contributed by atoms with Crippen LogP contribution in [0.5, 0.6) is 0 Å². The maximum absolute atomic E-state index is 12.0. The fourth-order valence-electron chi connectivity index (χ4n) is 1.44. The number of benzene rings is 1. The quantitative estimate of drug-likeness (QED) is 0.573. The van der Waals surface area contributed by atoms with Crippen LogP contribution in [0.15, 0.2) is 29.2 Å². The van der Waals surface area contributed by atoms with Crippen molar-refractivity contribution in [2.45, 2.75) is 11.3 Å². The summed E-state index contributed by atoms with van der Waals surface area (Å²) in [6.45, 7) is 0.539. The molecule has 1 unspecified atom stereocenters. The summed E-state index contributed by atoms with van der Waals surface area (Å²) in [6, 6.07) is 6.28. The van der Waals surface area contributed by atoms with Gasteiger partial charge in [-0.25, -0.2) is 13.1 Å². The van der Waals surface area contributed by atoms with Crippen LogP contribution in [-0.4, -0.2) is 37.7 Å². The minimum Gasteiger partial charge on any atom is -0.320 e. The van der Waals surface area contributed by atoms with Gasteiger partial charge in [0.2, 0.25) is 10.0 Å². The van der Waals surface area contributed by atoms with E-state index in [1.54, 1.807) is 18.4 Å². The first kappa shape index (κ1) is 16.9. The summed E-state index contributed by atoms with van der Waals surface area (Å²) in [6.07, 6.45) is 2.14. The van der Waals surface area contributed by atoms with Gasteiger partial charge in [0.25, 0.3) is 0 Å². The van der Waals surface area contributed by atoms with Crippen molar-refractivity contribution < 1.29 is 12.6 Å². The van der Waals surface area contributed by atoms with Crippen LogP contribution >= 0.6 is 0 Å². The van der Waals surface area contributed by atoms with Crippen LogP contribution in [-0.2, 0) is 20.8 Å². The Morgan fingerprint density at radius 1 is 1.30 bits per heavy atom. The van der Waals surface area contributed by atoms with Crippen LogP contribution in [0.4, 0.5) is 0 Å². The molecule has 0 heterocycles. The van der Waals surface area contributed by atoms with E-state index in [1.165, 1.54) is 12.1 Å². The van der Waals surface area contributed by atoms with Crippen molar-refractivity contribution >= 4 is 20.8 Å². The highest BCUT2D eigenvalue weighted by atomic mass is 32.2. The average Bonchev–Trinajstić information content (AvgIpc) is 2.42. The molecule has 0 aromatic heterocycles. The monoisotopic (exact) mass is 314 g/mol. The Kier molecular flexibility index (Phi) is 6.88. The molecule has 3 N–H and O–H groups in total. The lowest BCUT2D eigenvalue weighted by atomic mass is 10.2. The lowest BCUT2D eigenvalue weighted by Gasteiger charge is -2.06. The van der Waals surface area contributed by atoms with Gasteiger partial charge in [0.05, 0.1) is 11.4 Å². The molecule has 0 saturated heterocycles. The van der Waals surface area contributed by atoms with Crippen molar-refractivity contribution in [1.82, 2.24) is 4.72 Å². The molecule has 0 saturated carbocycles. The van der Waals surface area contributed by atoms with Crippen molar-refractivity contribution in [2.24, 2.45) is 5.73 Å². The zero-order valence-corrected chi connectivity index (χ0v) is 12.9. The van der Waals surface area contributed by atoms with Gasteiger partial charge in [-0.1, -0.05) is 11.8 Å². The zero-order valence-electron chi connectivity index (χ0n) is 11.3. The van der Waals surface area contributed by atoms with Crippen molar-refractivity contribution in [1.29, 1.82) is 0 Å². The van der Waals surface area contributed by atoms with Gasteiger partial charge in [0.15, 0.2) is 0 Å². The van der Waals surface area contributed by atoms with Gasteiger partial charge in [-0.15, -0.1) is 0 Å². The van der Waals surface area contributed by atoms with Gasteiger partial charge < -0.3 is 5.73 Å². The third-order valence-corrected chi connectivity index (χ3v) is 4.74. The summed E-state index contributed by atoms with van der Waals surface area (Å²) < 4.78 is 37.3. The van der Waals surface area contributed by atoms with Gasteiger partial charge in [-0.05, 0) is 30.7 Å². The lowest BCUT2D eigenvalue weighted by molar-refractivity contribution is 0.580. The highest BCUT2D eigenvalue weighted by Gasteiger charge is 2.12. The Morgan fingerprint density at radius 2 is 1.95 bits per heavy atom. The van der Waals surface area contributed by atoms with Crippen molar-refractivity contribution in [3.63, 3.8) is 0 Å². The van der Waals surface area contributed by atoms with Crippen LogP contribution in [0, 0.1) is 11.8 Å². The largest absolute Gasteiger partial charge is 0.320 e. The first-order valence-electron chi connectivity index (χ1n) is 6.04. The molecule has 0 bridgehead atoms. The maximum Gasteiger partial charge on any atom is 0.240 e. The van der Waals surface area contributed by atoms with E-state index in [1.807, 2.05) is 0 Å². The third-order valence-electron chi connectivity index (χ3n) is 2.40. The molecule has 110 valence electrons. The highest BCUT2D eigenvalue weighted by molar-refractivity contribution is 7.89. The Hall–Kier alpha value is -1.20. The second-order valence-electron chi connectivity index (χ2n) is 4.06. The average molecular weight is 314 g/mol. The Bertz CT molecular complexity index is 613. The highest BCUT2D eigenvalue weighted by Crippen LogP contribution is 2.09. The molecule has 0 aliphatic heterocycles. The summed E-state index contributed by atoms with van der Waals surface area (Å²) in [5.41, 5.74) is 5.98. The molecule has 5 nitrogen and oxygen atoms in total. The third kappa shape index (κ3) is 5.84. The lowest BCUT2D eigenvalue weighted by Crippen LogP contribution is -2.25. The van der Waals surface area contributed by atoms with Crippen LogP contribution in [0.2, 0.25) is 0 Å². The summed E-state index contributed by atoms with van der Waals surface area (Å²) in [4.78, 5) is 0.188. The zero-order chi connectivity index (χ0) is 15.0. The molecular formula is C13H18N2O3S2. The molecule has 0 fully saturated rings. The normalized spacial score (nSPS) is 12.5. The second kappa shape index (κ2) is 8.17. The molecule has 0 amide bonds. The summed E-state index contributed by atoms with van der Waals surface area (Å²) in [5, 5.41) is 0. The molecule has 0 aliphatic carbocycles. The molecule has 20 heavy (non-hydrogen) atoms. The van der Waals surface area contributed by atoms with Crippen molar-refractivity contribution in [3.8, 4) is 11.8 Å². The summed E-state index contributed by atoms with van der Waals surface area (Å²) >= 11 is 0. The maximum atomic E-state index is 12.0.